The lowest BCUT2D eigenvalue weighted by molar-refractivity contribution is 0.107. The number of hydrogen-bond acceptors (Lipinski definition) is 6. The first kappa shape index (κ1) is 25.2. The second kappa shape index (κ2) is 9.30. The molecule has 2 bridgehead atoms. The van der Waals surface area contributed by atoms with Gasteiger partial charge in [0.1, 0.15) is 18.6 Å². The molecule has 8 nitrogen and oxygen atoms in total. The van der Waals surface area contributed by atoms with Crippen molar-refractivity contribution >= 4 is 50.3 Å². The smallest absolute Gasteiger partial charge is 0.407 e. The van der Waals surface area contributed by atoms with Crippen LogP contribution in [0.4, 0.5) is 23.8 Å². The standard InChI is InChI=1S/C24H26BrClF3N5O3/c25-17-15(20(28)29)6-16-19(18(17)26)30-22(37-11-24-4-1-5-33(24)8-12(27)7-24)31-21(16)32-9-13-2-3-14(10-32)34(13)23(35)36/h6,12-14,20H,1-5,7-11H2,(H,35,36)/t12-,13-,14+,24+/m1/s1. The molecule has 0 aliphatic carbocycles. The number of amides is 1. The summed E-state index contributed by atoms with van der Waals surface area (Å²) in [6, 6.07) is 0.925. The van der Waals surface area contributed by atoms with Crippen LogP contribution >= 0.6 is 27.5 Å². The van der Waals surface area contributed by atoms with Crippen molar-refractivity contribution in [3.63, 3.8) is 0 Å². The van der Waals surface area contributed by atoms with Crippen LogP contribution in [0.2, 0.25) is 5.02 Å². The molecule has 4 aliphatic heterocycles. The quantitative estimate of drug-likeness (QED) is 0.498. The normalized spacial score (nSPS) is 29.5. The second-order valence-corrected chi connectivity index (χ2v) is 11.6. The van der Waals surface area contributed by atoms with Gasteiger partial charge in [0.25, 0.3) is 6.43 Å². The van der Waals surface area contributed by atoms with Crippen LogP contribution in [0.5, 0.6) is 6.01 Å². The number of fused-ring (bicyclic) bond motifs is 4. The lowest BCUT2D eigenvalue weighted by Gasteiger charge is -2.40. The number of anilines is 1. The van der Waals surface area contributed by atoms with Gasteiger partial charge in [-0.2, -0.15) is 9.97 Å². The van der Waals surface area contributed by atoms with Gasteiger partial charge >= 0.3 is 12.1 Å². The van der Waals surface area contributed by atoms with Crippen LogP contribution in [0.1, 0.15) is 44.1 Å². The Labute approximate surface area is 224 Å². The molecule has 6 rings (SSSR count). The summed E-state index contributed by atoms with van der Waals surface area (Å²) < 4.78 is 48.1. The lowest BCUT2D eigenvalue weighted by Crippen LogP contribution is -2.55. The van der Waals surface area contributed by atoms with Crippen LogP contribution in [-0.4, -0.2) is 87.5 Å². The molecule has 5 heterocycles. The van der Waals surface area contributed by atoms with E-state index in [9.17, 15) is 23.1 Å². The van der Waals surface area contributed by atoms with Crippen molar-refractivity contribution in [2.75, 3.05) is 37.7 Å². The molecule has 13 heteroatoms. The number of carbonyl (C=O) groups is 1. The van der Waals surface area contributed by atoms with Crippen LogP contribution in [0.25, 0.3) is 10.9 Å². The summed E-state index contributed by atoms with van der Waals surface area (Å²) in [4.78, 5) is 26.4. The van der Waals surface area contributed by atoms with Gasteiger partial charge in [0.05, 0.1) is 28.2 Å². The summed E-state index contributed by atoms with van der Waals surface area (Å²) in [7, 11) is 0. The Balaban J connectivity index is 1.40. The minimum Gasteiger partial charge on any atom is -0.465 e. The number of ether oxygens (including phenoxy) is 1. The molecule has 1 aromatic carbocycles. The number of hydrogen-bond donors (Lipinski definition) is 1. The molecule has 0 spiro atoms. The van der Waals surface area contributed by atoms with Crippen molar-refractivity contribution in [3.05, 3.63) is 21.1 Å². The minimum absolute atomic E-state index is 0.0267. The maximum atomic E-state index is 14.2. The average Bonchev–Trinajstić information content (AvgIpc) is 3.46. The summed E-state index contributed by atoms with van der Waals surface area (Å²) >= 11 is 9.73. The third kappa shape index (κ3) is 4.19. The summed E-state index contributed by atoms with van der Waals surface area (Å²) in [5.74, 6) is 0.383. The number of alkyl halides is 3. The Morgan fingerprint density at radius 1 is 1.27 bits per heavy atom. The third-order valence-electron chi connectivity index (χ3n) is 8.33. The van der Waals surface area contributed by atoms with Crippen LogP contribution in [0.3, 0.4) is 0 Å². The second-order valence-electron chi connectivity index (χ2n) is 10.5. The molecule has 2 aromatic rings. The number of carboxylic acid groups (broad SMARTS) is 1. The highest BCUT2D eigenvalue weighted by Crippen LogP contribution is 2.44. The van der Waals surface area contributed by atoms with Gasteiger partial charge < -0.3 is 14.7 Å². The summed E-state index contributed by atoms with van der Waals surface area (Å²) in [5, 5.41) is 10.0. The monoisotopic (exact) mass is 603 g/mol. The van der Waals surface area contributed by atoms with Crippen molar-refractivity contribution in [1.82, 2.24) is 19.8 Å². The topological polar surface area (TPSA) is 82.0 Å². The first-order chi connectivity index (χ1) is 17.7. The number of halogens is 5. The van der Waals surface area contributed by atoms with E-state index in [-0.39, 0.29) is 45.3 Å². The molecule has 4 fully saturated rings. The zero-order valence-electron chi connectivity index (χ0n) is 19.8. The first-order valence-electron chi connectivity index (χ1n) is 12.4. The van der Waals surface area contributed by atoms with Gasteiger partial charge in [0.15, 0.2) is 0 Å². The minimum atomic E-state index is -2.77. The Morgan fingerprint density at radius 2 is 2.00 bits per heavy atom. The molecule has 4 saturated heterocycles. The van der Waals surface area contributed by atoms with Crippen LogP contribution < -0.4 is 9.64 Å². The van der Waals surface area contributed by atoms with E-state index in [0.717, 1.165) is 32.2 Å². The van der Waals surface area contributed by atoms with Gasteiger partial charge in [-0.25, -0.2) is 18.0 Å². The lowest BCUT2D eigenvalue weighted by atomic mass is 9.95. The van der Waals surface area contributed by atoms with Crippen LogP contribution in [0, 0.1) is 0 Å². The van der Waals surface area contributed by atoms with Gasteiger partial charge in [-0.05, 0) is 54.2 Å². The van der Waals surface area contributed by atoms with Crippen molar-refractivity contribution in [1.29, 1.82) is 0 Å². The molecule has 1 N–H and O–H groups in total. The average molecular weight is 605 g/mol. The molecular weight excluding hydrogens is 579 g/mol. The Kier molecular flexibility index (Phi) is 6.35. The predicted molar refractivity (Wildman–Crippen MR) is 135 cm³/mol. The van der Waals surface area contributed by atoms with Crippen molar-refractivity contribution in [2.24, 2.45) is 0 Å². The van der Waals surface area contributed by atoms with Gasteiger partial charge in [-0.1, -0.05) is 11.6 Å². The number of aromatic nitrogens is 2. The van der Waals surface area contributed by atoms with Gasteiger partial charge in [0.2, 0.25) is 0 Å². The van der Waals surface area contributed by atoms with E-state index >= 15 is 0 Å². The van der Waals surface area contributed by atoms with E-state index in [1.165, 1.54) is 11.0 Å². The summed E-state index contributed by atoms with van der Waals surface area (Å²) in [6.45, 7) is 2.16. The molecule has 37 heavy (non-hydrogen) atoms. The highest BCUT2D eigenvalue weighted by atomic mass is 79.9. The zero-order valence-corrected chi connectivity index (χ0v) is 22.2. The fraction of sp³-hybridized carbons (Fsp3) is 0.625. The highest BCUT2D eigenvalue weighted by molar-refractivity contribution is 9.10. The highest BCUT2D eigenvalue weighted by Gasteiger charge is 2.49. The summed E-state index contributed by atoms with van der Waals surface area (Å²) in [6.07, 6.45) is -1.03. The van der Waals surface area contributed by atoms with Crippen LogP contribution in [0.15, 0.2) is 10.5 Å². The van der Waals surface area contributed by atoms with Crippen molar-refractivity contribution in [2.45, 2.75) is 62.3 Å². The van der Waals surface area contributed by atoms with Crippen LogP contribution in [-0.2, 0) is 0 Å². The maximum Gasteiger partial charge on any atom is 0.407 e. The number of benzene rings is 1. The molecule has 0 radical (unpaired) electrons. The number of nitrogens with zero attached hydrogens (tertiary/aromatic N) is 5. The van der Waals surface area contributed by atoms with Gasteiger partial charge in [-0.3, -0.25) is 9.80 Å². The fourth-order valence-electron chi connectivity index (χ4n) is 6.69. The van der Waals surface area contributed by atoms with E-state index in [1.54, 1.807) is 0 Å². The number of rotatable bonds is 5. The zero-order chi connectivity index (χ0) is 26.1. The van der Waals surface area contributed by atoms with E-state index in [2.05, 4.69) is 30.8 Å². The molecule has 1 aromatic heterocycles. The van der Waals surface area contributed by atoms with Gasteiger partial charge in [0, 0.05) is 41.5 Å². The maximum absolute atomic E-state index is 14.2. The predicted octanol–water partition coefficient (Wildman–Crippen LogP) is 5.27. The Bertz CT molecular complexity index is 1240. The Hall–Kier alpha value is -2.05. The molecule has 0 saturated carbocycles. The largest absolute Gasteiger partial charge is 0.465 e. The SMILES string of the molecule is O=C(O)N1[C@@H]2CC[C@H]1CN(c1nc(OC[C@@]34CCCN3C[C@H](F)C4)nc3c(Cl)c(Br)c(C(F)F)cc13)C2. The molecule has 0 unspecified atom stereocenters. The Morgan fingerprint density at radius 3 is 2.68 bits per heavy atom. The van der Waals surface area contributed by atoms with Crippen molar-refractivity contribution < 1.29 is 27.8 Å². The van der Waals surface area contributed by atoms with E-state index in [0.29, 0.717) is 37.3 Å². The van der Waals surface area contributed by atoms with Crippen molar-refractivity contribution in [3.8, 4) is 6.01 Å². The van der Waals surface area contributed by atoms with E-state index in [4.69, 9.17) is 16.3 Å². The first-order valence-corrected chi connectivity index (χ1v) is 13.6. The van der Waals surface area contributed by atoms with E-state index < -0.39 is 24.2 Å². The molecule has 4 aliphatic rings. The third-order valence-corrected chi connectivity index (χ3v) is 9.78. The van der Waals surface area contributed by atoms with E-state index in [1.807, 2.05) is 4.90 Å². The molecule has 1 amide bonds. The van der Waals surface area contributed by atoms with Gasteiger partial charge in [-0.15, -0.1) is 0 Å². The number of piperazine rings is 1. The molecule has 200 valence electrons. The molecular formula is C24H26BrClF3N5O3. The fourth-order valence-corrected chi connectivity index (χ4v) is 7.42. The molecule has 4 atom stereocenters. The summed E-state index contributed by atoms with van der Waals surface area (Å²) in [5.41, 5.74) is -0.418.